The molecule has 1 aliphatic rings. The summed E-state index contributed by atoms with van der Waals surface area (Å²) in [5.41, 5.74) is 1.07. The van der Waals surface area contributed by atoms with Crippen LogP contribution in [0, 0.1) is 0 Å². The van der Waals surface area contributed by atoms with Gasteiger partial charge in [0.25, 0.3) is 5.91 Å². The quantitative estimate of drug-likeness (QED) is 0.835. The van der Waals surface area contributed by atoms with E-state index in [1.165, 1.54) is 26.3 Å². The monoisotopic (exact) mass is 335 g/mol. The minimum absolute atomic E-state index is 0.104. The van der Waals surface area contributed by atoms with E-state index >= 15 is 0 Å². The van der Waals surface area contributed by atoms with Gasteiger partial charge in [0.1, 0.15) is 11.5 Å². The molecule has 0 bridgehead atoms. The van der Waals surface area contributed by atoms with E-state index in [0.29, 0.717) is 29.4 Å². The van der Waals surface area contributed by atoms with Crippen molar-refractivity contribution in [1.82, 2.24) is 10.3 Å². The molecule has 2 rings (SSSR count). The molecule has 0 saturated heterocycles. The van der Waals surface area contributed by atoms with E-state index in [9.17, 15) is 9.59 Å². The lowest BCUT2D eigenvalue weighted by molar-refractivity contribution is -0.130. The highest BCUT2D eigenvalue weighted by Gasteiger charge is 2.22. The Kier molecular flexibility index (Phi) is 5.62. The molecule has 0 atom stereocenters. The fraction of sp³-hybridized carbons (Fsp3) is 0.438. The van der Waals surface area contributed by atoms with Crippen LogP contribution in [0.25, 0.3) is 0 Å². The van der Waals surface area contributed by atoms with Crippen LogP contribution in [-0.4, -0.2) is 50.9 Å². The Hall–Kier alpha value is -2.77. The number of carbonyl (C=O) groups is 2. The maximum Gasteiger partial charge on any atom is 0.267 e. The third-order valence-electron chi connectivity index (χ3n) is 3.70. The number of benzene rings is 1. The van der Waals surface area contributed by atoms with Gasteiger partial charge < -0.3 is 19.5 Å². The fourth-order valence-corrected chi connectivity index (χ4v) is 2.34. The van der Waals surface area contributed by atoms with E-state index in [0.717, 1.165) is 5.56 Å². The normalized spacial score (nSPS) is 14.1. The number of hydrogen-bond acceptors (Lipinski definition) is 6. The van der Waals surface area contributed by atoms with E-state index in [1.807, 2.05) is 0 Å². The summed E-state index contributed by atoms with van der Waals surface area (Å²) in [5, 5.41) is 7.96. The van der Waals surface area contributed by atoms with Crippen molar-refractivity contribution in [2.75, 3.05) is 28.4 Å². The topological polar surface area (TPSA) is 89.5 Å². The number of hydrogen-bond donors (Lipinski definition) is 1. The number of nitrogens with one attached hydrogen (secondary N) is 1. The first-order chi connectivity index (χ1) is 11.5. The first kappa shape index (κ1) is 17.6. The average Bonchev–Trinajstić information content (AvgIpc) is 2.60. The lowest BCUT2D eigenvalue weighted by Gasteiger charge is -2.19. The van der Waals surface area contributed by atoms with Crippen LogP contribution >= 0.6 is 0 Å². The minimum atomic E-state index is -0.314. The molecule has 1 heterocycles. The van der Waals surface area contributed by atoms with Crippen molar-refractivity contribution in [3.63, 3.8) is 0 Å². The second-order valence-electron chi connectivity index (χ2n) is 5.17. The van der Waals surface area contributed by atoms with Crippen LogP contribution in [0.4, 0.5) is 0 Å². The number of amides is 2. The van der Waals surface area contributed by atoms with Gasteiger partial charge in [0, 0.05) is 38.1 Å². The van der Waals surface area contributed by atoms with E-state index < -0.39 is 0 Å². The number of carbonyl (C=O) groups excluding carboxylic acids is 2. The Bertz CT molecular complexity index is 672. The zero-order chi connectivity index (χ0) is 17.7. The van der Waals surface area contributed by atoms with Crippen molar-refractivity contribution in [2.24, 2.45) is 5.10 Å². The predicted molar refractivity (Wildman–Crippen MR) is 87.4 cm³/mol. The van der Waals surface area contributed by atoms with Crippen LogP contribution in [0.5, 0.6) is 17.2 Å². The van der Waals surface area contributed by atoms with E-state index in [-0.39, 0.29) is 24.8 Å². The molecule has 1 aromatic rings. The van der Waals surface area contributed by atoms with Crippen molar-refractivity contribution >= 4 is 17.5 Å². The van der Waals surface area contributed by atoms with Gasteiger partial charge in [-0.25, -0.2) is 5.01 Å². The summed E-state index contributed by atoms with van der Waals surface area (Å²) in [5.74, 6) is 1.24. The van der Waals surface area contributed by atoms with Gasteiger partial charge in [-0.05, 0) is 6.07 Å². The zero-order valence-electron chi connectivity index (χ0n) is 14.2. The molecule has 0 radical (unpaired) electrons. The van der Waals surface area contributed by atoms with Crippen LogP contribution in [0.1, 0.15) is 18.4 Å². The van der Waals surface area contributed by atoms with Crippen LogP contribution in [0.3, 0.4) is 0 Å². The number of ether oxygens (including phenoxy) is 3. The first-order valence-electron chi connectivity index (χ1n) is 7.41. The molecule has 1 N–H and O–H groups in total. The molecule has 0 spiro atoms. The van der Waals surface area contributed by atoms with Gasteiger partial charge >= 0.3 is 0 Å². The molecule has 0 unspecified atom stereocenters. The molecule has 0 aromatic heterocycles. The number of hydrazone groups is 1. The summed E-state index contributed by atoms with van der Waals surface area (Å²) in [4.78, 5) is 23.6. The molecule has 0 fully saturated rings. The SMILES string of the molecule is COc1cc(OC)c(OC)cc1CNC(=O)C1=NN(C)C(=O)CC1. The van der Waals surface area contributed by atoms with Gasteiger partial charge in [0.2, 0.25) is 5.91 Å². The summed E-state index contributed by atoms with van der Waals surface area (Å²) >= 11 is 0. The molecule has 1 aliphatic heterocycles. The van der Waals surface area contributed by atoms with Crippen molar-refractivity contribution in [1.29, 1.82) is 0 Å². The van der Waals surface area contributed by atoms with Gasteiger partial charge in [-0.1, -0.05) is 0 Å². The summed E-state index contributed by atoms with van der Waals surface area (Å²) in [7, 11) is 6.15. The van der Waals surface area contributed by atoms with Gasteiger partial charge in [-0.15, -0.1) is 0 Å². The summed E-state index contributed by atoms with van der Waals surface area (Å²) < 4.78 is 15.8. The lowest BCUT2D eigenvalue weighted by Crippen LogP contribution is -2.37. The minimum Gasteiger partial charge on any atom is -0.496 e. The molecule has 1 aromatic carbocycles. The highest BCUT2D eigenvalue weighted by Crippen LogP contribution is 2.34. The van der Waals surface area contributed by atoms with Crippen molar-refractivity contribution < 1.29 is 23.8 Å². The second-order valence-corrected chi connectivity index (χ2v) is 5.17. The molecular formula is C16H21N3O5. The predicted octanol–water partition coefficient (Wildman–Crippen LogP) is 0.937. The van der Waals surface area contributed by atoms with Crippen molar-refractivity contribution in [3.05, 3.63) is 17.7 Å². The van der Waals surface area contributed by atoms with Gasteiger partial charge in [0.15, 0.2) is 11.5 Å². The third-order valence-corrected chi connectivity index (χ3v) is 3.70. The number of methoxy groups -OCH3 is 3. The smallest absolute Gasteiger partial charge is 0.267 e. The summed E-state index contributed by atoms with van der Waals surface area (Å²) in [6.07, 6.45) is 0.612. The number of nitrogens with zero attached hydrogens (tertiary/aromatic N) is 2. The highest BCUT2D eigenvalue weighted by molar-refractivity contribution is 6.39. The van der Waals surface area contributed by atoms with Crippen LogP contribution in [0.2, 0.25) is 0 Å². The van der Waals surface area contributed by atoms with Crippen LogP contribution in [-0.2, 0) is 16.1 Å². The molecule has 8 nitrogen and oxygen atoms in total. The molecule has 0 aliphatic carbocycles. The largest absolute Gasteiger partial charge is 0.496 e. The Labute approximate surface area is 140 Å². The van der Waals surface area contributed by atoms with Gasteiger partial charge in [-0.2, -0.15) is 5.10 Å². The molecule has 130 valence electrons. The zero-order valence-corrected chi connectivity index (χ0v) is 14.2. The van der Waals surface area contributed by atoms with E-state index in [1.54, 1.807) is 19.2 Å². The lowest BCUT2D eigenvalue weighted by atomic mass is 10.1. The van der Waals surface area contributed by atoms with Crippen LogP contribution < -0.4 is 19.5 Å². The van der Waals surface area contributed by atoms with Gasteiger partial charge in [0.05, 0.1) is 21.3 Å². The average molecular weight is 335 g/mol. The standard InChI is InChI=1S/C16H21N3O5/c1-19-15(20)6-5-11(18-19)16(21)17-9-10-7-13(23-3)14(24-4)8-12(10)22-2/h7-8H,5-6,9H2,1-4H3,(H,17,21). The Balaban J connectivity index is 2.12. The van der Waals surface area contributed by atoms with E-state index in [4.69, 9.17) is 14.2 Å². The molecular weight excluding hydrogens is 314 g/mol. The van der Waals surface area contributed by atoms with Crippen molar-refractivity contribution in [2.45, 2.75) is 19.4 Å². The fourth-order valence-electron chi connectivity index (χ4n) is 2.34. The van der Waals surface area contributed by atoms with Crippen LogP contribution in [0.15, 0.2) is 17.2 Å². The summed E-state index contributed by atoms with van der Waals surface area (Å²) in [6.45, 7) is 0.235. The first-order valence-corrected chi connectivity index (χ1v) is 7.41. The second kappa shape index (κ2) is 7.67. The Morgan fingerprint density at radius 2 is 1.75 bits per heavy atom. The van der Waals surface area contributed by atoms with Gasteiger partial charge in [-0.3, -0.25) is 9.59 Å². The molecule has 8 heteroatoms. The third kappa shape index (κ3) is 3.76. The highest BCUT2D eigenvalue weighted by atomic mass is 16.5. The maximum atomic E-state index is 12.2. The van der Waals surface area contributed by atoms with Crippen molar-refractivity contribution in [3.8, 4) is 17.2 Å². The number of rotatable bonds is 6. The van der Waals surface area contributed by atoms with E-state index in [2.05, 4.69) is 10.4 Å². The molecule has 0 saturated carbocycles. The summed E-state index contributed by atoms with van der Waals surface area (Å²) in [6, 6.07) is 3.45. The Morgan fingerprint density at radius 1 is 1.12 bits per heavy atom. The Morgan fingerprint density at radius 3 is 2.33 bits per heavy atom. The maximum absolute atomic E-state index is 12.2. The molecule has 24 heavy (non-hydrogen) atoms. The molecule has 2 amide bonds.